The molecular formula is C11H9ClFN3O. The van der Waals surface area contributed by atoms with E-state index in [1.807, 2.05) is 0 Å². The highest BCUT2D eigenvalue weighted by Crippen LogP contribution is 2.20. The molecule has 0 aliphatic carbocycles. The first kappa shape index (κ1) is 11.7. The molecule has 0 saturated carbocycles. The molecular weight excluding hydrogens is 245 g/mol. The Kier molecular flexibility index (Phi) is 3.19. The molecule has 0 aliphatic heterocycles. The van der Waals surface area contributed by atoms with Crippen molar-refractivity contribution in [3.8, 4) is 0 Å². The topological polar surface area (TPSA) is 47.8 Å². The summed E-state index contributed by atoms with van der Waals surface area (Å²) in [7, 11) is 0. The predicted molar refractivity (Wildman–Crippen MR) is 60.7 cm³/mol. The minimum atomic E-state index is -0.403. The maximum Gasteiger partial charge on any atom is 0.172 e. The predicted octanol–water partition coefficient (Wildman–Crippen LogP) is 2.24. The van der Waals surface area contributed by atoms with Gasteiger partial charge in [0, 0.05) is 10.6 Å². The summed E-state index contributed by atoms with van der Waals surface area (Å²) in [6.45, 7) is 1.84. The second kappa shape index (κ2) is 4.63. The quantitative estimate of drug-likeness (QED) is 0.788. The minimum Gasteiger partial charge on any atom is -0.296 e. The van der Waals surface area contributed by atoms with Crippen molar-refractivity contribution in [2.75, 3.05) is 0 Å². The third kappa shape index (κ3) is 2.19. The van der Waals surface area contributed by atoms with E-state index in [1.165, 1.54) is 16.8 Å². The summed E-state index contributed by atoms with van der Waals surface area (Å²) in [4.78, 5) is 10.6. The van der Waals surface area contributed by atoms with E-state index in [9.17, 15) is 9.18 Å². The number of aromatic nitrogens is 3. The molecule has 1 heterocycles. The number of hydrogen-bond donors (Lipinski definition) is 0. The molecule has 17 heavy (non-hydrogen) atoms. The van der Waals surface area contributed by atoms with E-state index in [0.29, 0.717) is 22.6 Å². The molecule has 2 rings (SSSR count). The van der Waals surface area contributed by atoms with E-state index in [4.69, 9.17) is 11.6 Å². The van der Waals surface area contributed by atoms with E-state index in [2.05, 4.69) is 10.3 Å². The van der Waals surface area contributed by atoms with E-state index >= 15 is 0 Å². The molecule has 1 aromatic carbocycles. The SMILES string of the molecule is Cc1c(C=O)nnn1Cc1c(F)cccc1Cl. The van der Waals surface area contributed by atoms with Crippen LogP contribution in [0.1, 0.15) is 21.7 Å². The van der Waals surface area contributed by atoms with Crippen LogP contribution in [0.4, 0.5) is 4.39 Å². The Labute approximate surface area is 102 Å². The van der Waals surface area contributed by atoms with Crippen molar-refractivity contribution in [3.05, 3.63) is 46.0 Å². The number of carbonyl (C=O) groups excluding carboxylic acids is 1. The minimum absolute atomic E-state index is 0.151. The molecule has 88 valence electrons. The molecule has 0 fully saturated rings. The molecule has 0 aliphatic rings. The van der Waals surface area contributed by atoms with Crippen molar-refractivity contribution < 1.29 is 9.18 Å². The van der Waals surface area contributed by atoms with Gasteiger partial charge in [-0.1, -0.05) is 22.9 Å². The molecule has 0 bridgehead atoms. The van der Waals surface area contributed by atoms with Gasteiger partial charge in [-0.15, -0.1) is 5.10 Å². The fourth-order valence-electron chi connectivity index (χ4n) is 1.47. The number of hydrogen-bond acceptors (Lipinski definition) is 3. The Hall–Kier alpha value is -1.75. The van der Waals surface area contributed by atoms with Gasteiger partial charge in [0.1, 0.15) is 11.5 Å². The summed E-state index contributed by atoms with van der Waals surface area (Å²) in [5.41, 5.74) is 1.16. The molecule has 0 atom stereocenters. The molecule has 4 nitrogen and oxygen atoms in total. The summed E-state index contributed by atoms with van der Waals surface area (Å²) in [5.74, 6) is -0.403. The zero-order valence-corrected chi connectivity index (χ0v) is 9.78. The van der Waals surface area contributed by atoms with Crippen molar-refractivity contribution in [3.63, 3.8) is 0 Å². The van der Waals surface area contributed by atoms with Crippen LogP contribution in [0.25, 0.3) is 0 Å². The molecule has 0 N–H and O–H groups in total. The average molecular weight is 254 g/mol. The van der Waals surface area contributed by atoms with Crippen LogP contribution in [-0.4, -0.2) is 21.3 Å². The van der Waals surface area contributed by atoms with Gasteiger partial charge in [0.15, 0.2) is 6.29 Å². The Bertz CT molecular complexity index is 548. The van der Waals surface area contributed by atoms with Crippen LogP contribution in [0, 0.1) is 12.7 Å². The highest BCUT2D eigenvalue weighted by molar-refractivity contribution is 6.31. The number of halogens is 2. The molecule has 0 amide bonds. The lowest BCUT2D eigenvalue weighted by molar-refractivity contribution is 0.111. The Morgan fingerprint density at radius 3 is 2.88 bits per heavy atom. The van der Waals surface area contributed by atoms with Crippen molar-refractivity contribution in [2.24, 2.45) is 0 Å². The second-order valence-corrected chi connectivity index (χ2v) is 3.94. The highest BCUT2D eigenvalue weighted by atomic mass is 35.5. The van der Waals surface area contributed by atoms with Crippen LogP contribution in [0.2, 0.25) is 5.02 Å². The van der Waals surface area contributed by atoms with Crippen molar-refractivity contribution in [1.82, 2.24) is 15.0 Å². The number of aldehydes is 1. The highest BCUT2D eigenvalue weighted by Gasteiger charge is 2.12. The van der Waals surface area contributed by atoms with Gasteiger partial charge in [-0.3, -0.25) is 4.79 Å². The van der Waals surface area contributed by atoms with Gasteiger partial charge in [-0.25, -0.2) is 9.07 Å². The fourth-order valence-corrected chi connectivity index (χ4v) is 1.69. The van der Waals surface area contributed by atoms with Crippen LogP contribution in [-0.2, 0) is 6.54 Å². The molecule has 0 radical (unpaired) electrons. The van der Waals surface area contributed by atoms with Gasteiger partial charge in [-0.05, 0) is 19.1 Å². The monoisotopic (exact) mass is 253 g/mol. The molecule has 0 unspecified atom stereocenters. The summed E-state index contributed by atoms with van der Waals surface area (Å²) in [6.07, 6.45) is 0.613. The molecule has 2 aromatic rings. The van der Waals surface area contributed by atoms with Gasteiger partial charge in [0.2, 0.25) is 0 Å². The number of benzene rings is 1. The van der Waals surface area contributed by atoms with Crippen LogP contribution in [0.15, 0.2) is 18.2 Å². The Morgan fingerprint density at radius 2 is 2.29 bits per heavy atom. The summed E-state index contributed by atoms with van der Waals surface area (Å²) in [5, 5.41) is 7.77. The lowest BCUT2D eigenvalue weighted by Crippen LogP contribution is -2.06. The van der Waals surface area contributed by atoms with E-state index in [0.717, 1.165) is 0 Å². The van der Waals surface area contributed by atoms with E-state index in [1.54, 1.807) is 13.0 Å². The maximum atomic E-state index is 13.5. The number of nitrogens with zero attached hydrogens (tertiary/aromatic N) is 3. The lowest BCUT2D eigenvalue weighted by atomic mass is 10.2. The zero-order valence-electron chi connectivity index (χ0n) is 9.02. The number of carbonyl (C=O) groups is 1. The first-order valence-electron chi connectivity index (χ1n) is 4.91. The van der Waals surface area contributed by atoms with Gasteiger partial charge in [0.25, 0.3) is 0 Å². The largest absolute Gasteiger partial charge is 0.296 e. The smallest absolute Gasteiger partial charge is 0.172 e. The molecule has 6 heteroatoms. The third-order valence-electron chi connectivity index (χ3n) is 2.50. The van der Waals surface area contributed by atoms with Crippen molar-refractivity contribution >= 4 is 17.9 Å². The van der Waals surface area contributed by atoms with Crippen LogP contribution in [0.5, 0.6) is 0 Å². The van der Waals surface area contributed by atoms with Crippen molar-refractivity contribution in [1.29, 1.82) is 0 Å². The maximum absolute atomic E-state index is 13.5. The lowest BCUT2D eigenvalue weighted by Gasteiger charge is -2.06. The average Bonchev–Trinajstić information content (AvgIpc) is 2.65. The van der Waals surface area contributed by atoms with E-state index < -0.39 is 5.82 Å². The zero-order chi connectivity index (χ0) is 12.4. The van der Waals surface area contributed by atoms with Gasteiger partial charge in [0.05, 0.1) is 12.2 Å². The fraction of sp³-hybridized carbons (Fsp3) is 0.182. The summed E-state index contributed by atoms with van der Waals surface area (Å²) in [6, 6.07) is 4.47. The first-order chi connectivity index (χ1) is 8.13. The first-order valence-corrected chi connectivity index (χ1v) is 5.29. The van der Waals surface area contributed by atoms with E-state index in [-0.39, 0.29) is 12.2 Å². The molecule has 0 spiro atoms. The normalized spacial score (nSPS) is 10.5. The molecule has 0 saturated heterocycles. The van der Waals surface area contributed by atoms with Gasteiger partial charge < -0.3 is 0 Å². The van der Waals surface area contributed by atoms with Crippen LogP contribution >= 0.6 is 11.6 Å². The van der Waals surface area contributed by atoms with Gasteiger partial charge >= 0.3 is 0 Å². The summed E-state index contributed by atoms with van der Waals surface area (Å²) < 4.78 is 15.0. The van der Waals surface area contributed by atoms with Crippen molar-refractivity contribution in [2.45, 2.75) is 13.5 Å². The third-order valence-corrected chi connectivity index (χ3v) is 2.85. The van der Waals surface area contributed by atoms with Gasteiger partial charge in [-0.2, -0.15) is 0 Å². The Morgan fingerprint density at radius 1 is 1.53 bits per heavy atom. The Balaban J connectivity index is 2.38. The second-order valence-electron chi connectivity index (χ2n) is 3.54. The van der Waals surface area contributed by atoms with Crippen LogP contribution in [0.3, 0.4) is 0 Å². The standard InChI is InChI=1S/C11H9ClFN3O/c1-7-11(6-17)14-15-16(7)5-8-9(12)3-2-4-10(8)13/h2-4,6H,5H2,1H3. The summed E-state index contributed by atoms with van der Waals surface area (Å²) >= 11 is 5.90. The number of rotatable bonds is 3. The van der Waals surface area contributed by atoms with Crippen LogP contribution < -0.4 is 0 Å². The molecule has 1 aromatic heterocycles.